The molecule has 0 aromatic carbocycles. The van der Waals surface area contributed by atoms with Gasteiger partial charge in [0.2, 0.25) is 0 Å². The van der Waals surface area contributed by atoms with Gasteiger partial charge in [-0.25, -0.2) is 0 Å². The quantitative estimate of drug-likeness (QED) is 0.557. The van der Waals surface area contributed by atoms with Crippen LogP contribution in [0, 0.1) is 5.92 Å². The second kappa shape index (κ2) is 5.86. The predicted octanol–water partition coefficient (Wildman–Crippen LogP) is 6.05. The van der Waals surface area contributed by atoms with Crippen molar-refractivity contribution in [1.29, 1.82) is 0 Å². The summed E-state index contributed by atoms with van der Waals surface area (Å²) in [5.74, 6) is 1.72. The topological polar surface area (TPSA) is 9.23 Å². The van der Waals surface area contributed by atoms with Crippen molar-refractivity contribution >= 4 is 8.32 Å². The first-order valence-corrected chi connectivity index (χ1v) is 9.86. The Morgan fingerprint density at radius 3 is 1.63 bits per heavy atom. The first kappa shape index (κ1) is 16.6. The van der Waals surface area contributed by atoms with Crippen molar-refractivity contribution in [3.8, 4) is 0 Å². The zero-order chi connectivity index (χ0) is 15.0. The van der Waals surface area contributed by atoms with Crippen molar-refractivity contribution in [3.63, 3.8) is 0 Å². The zero-order valence-electron chi connectivity index (χ0n) is 14.3. The number of hydrogen-bond donors (Lipinski definition) is 0. The Morgan fingerprint density at radius 1 is 0.947 bits per heavy atom. The van der Waals surface area contributed by atoms with Crippen LogP contribution in [0.5, 0.6) is 0 Å². The van der Waals surface area contributed by atoms with Crippen LogP contribution in [0.1, 0.15) is 62.3 Å². The molecule has 1 nitrogen and oxygen atoms in total. The lowest BCUT2D eigenvalue weighted by atomic mass is 10.0. The van der Waals surface area contributed by atoms with Crippen molar-refractivity contribution in [2.75, 3.05) is 0 Å². The minimum Gasteiger partial charge on any atom is -0.543 e. The second-order valence-electron chi connectivity index (χ2n) is 7.08. The molecule has 1 unspecified atom stereocenters. The molecule has 0 fully saturated rings. The number of hydrogen-bond acceptors (Lipinski definition) is 1. The summed E-state index contributed by atoms with van der Waals surface area (Å²) in [6, 6.07) is 0. The zero-order valence-corrected chi connectivity index (χ0v) is 15.3. The molecule has 0 bridgehead atoms. The monoisotopic (exact) mass is 280 g/mol. The van der Waals surface area contributed by atoms with Crippen LogP contribution < -0.4 is 0 Å². The second-order valence-corrected chi connectivity index (χ2v) is 12.5. The lowest BCUT2D eigenvalue weighted by molar-refractivity contribution is 0.382. The van der Waals surface area contributed by atoms with Gasteiger partial charge in [0.25, 0.3) is 8.32 Å². The van der Waals surface area contributed by atoms with E-state index in [-0.39, 0.29) is 0 Å². The summed E-state index contributed by atoms with van der Waals surface area (Å²) in [6.07, 6.45) is 2.27. The van der Waals surface area contributed by atoms with Gasteiger partial charge in [0, 0.05) is 5.92 Å². The molecule has 0 spiro atoms. The van der Waals surface area contributed by atoms with Gasteiger partial charge in [-0.1, -0.05) is 54.0 Å². The van der Waals surface area contributed by atoms with E-state index in [9.17, 15) is 0 Å². The maximum atomic E-state index is 6.78. The first-order valence-electron chi connectivity index (χ1n) is 7.72. The lowest BCUT2D eigenvalue weighted by Gasteiger charge is -2.42. The van der Waals surface area contributed by atoms with Gasteiger partial charge in [-0.3, -0.25) is 0 Å². The molecule has 110 valence electrons. The van der Waals surface area contributed by atoms with E-state index in [0.29, 0.717) is 22.5 Å². The van der Waals surface area contributed by atoms with Crippen LogP contribution in [-0.4, -0.2) is 8.32 Å². The Morgan fingerprint density at radius 2 is 1.37 bits per heavy atom. The van der Waals surface area contributed by atoms with Gasteiger partial charge in [0.05, 0.1) is 0 Å². The van der Waals surface area contributed by atoms with Crippen molar-refractivity contribution in [2.45, 2.75) is 78.9 Å². The molecular formula is C17H32OSi. The molecule has 1 aliphatic rings. The third-order valence-electron chi connectivity index (χ3n) is 5.07. The standard InChI is InChI=1S/C17H32OSi/c1-11(2)19(12(3)4,13(5)6)18-17-10-14(7)15(8)16(17)9/h10-13,15H,1-9H3. The normalized spacial score (nSPS) is 20.8. The fourth-order valence-corrected chi connectivity index (χ4v) is 8.96. The van der Waals surface area contributed by atoms with E-state index in [4.69, 9.17) is 4.43 Å². The average Bonchev–Trinajstić information content (AvgIpc) is 2.52. The Balaban J connectivity index is 3.17. The van der Waals surface area contributed by atoms with E-state index in [1.165, 1.54) is 16.9 Å². The summed E-state index contributed by atoms with van der Waals surface area (Å²) in [7, 11) is -1.80. The number of rotatable bonds is 5. The van der Waals surface area contributed by atoms with Gasteiger partial charge in [-0.2, -0.15) is 0 Å². The minimum absolute atomic E-state index is 0.549. The first-order chi connectivity index (χ1) is 8.64. The van der Waals surface area contributed by atoms with E-state index in [1.54, 1.807) is 0 Å². The molecule has 1 aliphatic carbocycles. The molecule has 1 atom stereocenters. The van der Waals surface area contributed by atoms with Gasteiger partial charge in [0.15, 0.2) is 0 Å². The summed E-state index contributed by atoms with van der Waals surface area (Å²) in [5, 5.41) is 0. The SMILES string of the molecule is CC1=CC(O[Si](C(C)C)(C(C)C)C(C)C)=C(C)C1C. The molecule has 0 saturated heterocycles. The third-order valence-corrected chi connectivity index (χ3v) is 11.1. The van der Waals surface area contributed by atoms with E-state index < -0.39 is 8.32 Å². The van der Waals surface area contributed by atoms with E-state index >= 15 is 0 Å². The smallest absolute Gasteiger partial charge is 0.258 e. The fraction of sp³-hybridized carbons (Fsp3) is 0.765. The Kier molecular flexibility index (Phi) is 5.11. The van der Waals surface area contributed by atoms with Crippen LogP contribution >= 0.6 is 0 Å². The average molecular weight is 281 g/mol. The molecular weight excluding hydrogens is 248 g/mol. The highest BCUT2D eigenvalue weighted by atomic mass is 28.4. The summed E-state index contributed by atoms with van der Waals surface area (Å²) in [6.45, 7) is 20.8. The molecule has 19 heavy (non-hydrogen) atoms. The van der Waals surface area contributed by atoms with Gasteiger partial charge < -0.3 is 4.43 Å². The highest BCUT2D eigenvalue weighted by Gasteiger charge is 2.47. The molecule has 0 saturated carbocycles. The lowest BCUT2D eigenvalue weighted by Crippen LogP contribution is -2.47. The van der Waals surface area contributed by atoms with Crippen LogP contribution in [0.25, 0.3) is 0 Å². The van der Waals surface area contributed by atoms with Crippen LogP contribution in [0.2, 0.25) is 16.6 Å². The summed E-state index contributed by atoms with van der Waals surface area (Å²) < 4.78 is 6.78. The fourth-order valence-electron chi connectivity index (χ4n) is 3.65. The Labute approximate surface area is 121 Å². The van der Waals surface area contributed by atoms with Crippen molar-refractivity contribution < 1.29 is 4.43 Å². The van der Waals surface area contributed by atoms with E-state index in [2.05, 4.69) is 68.4 Å². The van der Waals surface area contributed by atoms with Crippen LogP contribution in [-0.2, 0) is 4.43 Å². The highest BCUT2D eigenvalue weighted by Crippen LogP contribution is 2.45. The summed E-state index contributed by atoms with van der Waals surface area (Å²) in [4.78, 5) is 0. The van der Waals surface area contributed by atoms with Crippen molar-refractivity contribution in [3.05, 3.63) is 23.0 Å². The van der Waals surface area contributed by atoms with Crippen molar-refractivity contribution in [2.24, 2.45) is 5.92 Å². The Bertz CT molecular complexity index is 366. The highest BCUT2D eigenvalue weighted by molar-refractivity contribution is 6.77. The van der Waals surface area contributed by atoms with Crippen LogP contribution in [0.15, 0.2) is 23.0 Å². The molecule has 0 aromatic heterocycles. The van der Waals surface area contributed by atoms with E-state index in [1.807, 2.05) is 0 Å². The predicted molar refractivity (Wildman–Crippen MR) is 87.8 cm³/mol. The Hall–Kier alpha value is -0.503. The summed E-state index contributed by atoms with van der Waals surface area (Å²) in [5.41, 5.74) is 4.76. The van der Waals surface area contributed by atoms with Gasteiger partial charge in [0.1, 0.15) is 5.76 Å². The molecule has 0 heterocycles. The maximum absolute atomic E-state index is 6.78. The number of allylic oxidation sites excluding steroid dienone is 3. The van der Waals surface area contributed by atoms with Gasteiger partial charge >= 0.3 is 0 Å². The molecule has 0 N–H and O–H groups in total. The van der Waals surface area contributed by atoms with Crippen LogP contribution in [0.3, 0.4) is 0 Å². The van der Waals surface area contributed by atoms with Gasteiger partial charge in [-0.05, 0) is 42.1 Å². The third kappa shape index (κ3) is 2.84. The van der Waals surface area contributed by atoms with Crippen molar-refractivity contribution in [1.82, 2.24) is 0 Å². The van der Waals surface area contributed by atoms with Crippen LogP contribution in [0.4, 0.5) is 0 Å². The molecule has 1 rings (SSSR count). The largest absolute Gasteiger partial charge is 0.543 e. The minimum atomic E-state index is -1.80. The summed E-state index contributed by atoms with van der Waals surface area (Å²) >= 11 is 0. The molecule has 2 heteroatoms. The molecule has 0 aliphatic heterocycles. The maximum Gasteiger partial charge on any atom is 0.258 e. The van der Waals surface area contributed by atoms with Gasteiger partial charge in [-0.15, -0.1) is 0 Å². The molecule has 0 aromatic rings. The molecule has 0 radical (unpaired) electrons. The van der Waals surface area contributed by atoms with E-state index in [0.717, 1.165) is 0 Å². The molecule has 0 amide bonds.